The molecule has 0 fully saturated rings. The number of nitrogens with one attached hydrogen (secondary N) is 2. The van der Waals surface area contributed by atoms with Crippen molar-refractivity contribution in [1.29, 1.82) is 5.26 Å². The highest BCUT2D eigenvalue weighted by molar-refractivity contribution is 5.97. The number of rotatable bonds is 5. The van der Waals surface area contributed by atoms with Crippen molar-refractivity contribution in [3.63, 3.8) is 0 Å². The van der Waals surface area contributed by atoms with E-state index in [0.29, 0.717) is 0 Å². The lowest BCUT2D eigenvalue weighted by molar-refractivity contribution is -0.117. The summed E-state index contributed by atoms with van der Waals surface area (Å²) in [6.45, 7) is 7.74. The first-order chi connectivity index (χ1) is 7.01. The molecule has 84 valence electrons. The Morgan fingerprint density at radius 3 is 2.47 bits per heavy atom. The Labute approximate surface area is 91.4 Å². The van der Waals surface area contributed by atoms with Crippen LogP contribution in [0.3, 0.4) is 0 Å². The van der Waals surface area contributed by atoms with E-state index in [9.17, 15) is 4.79 Å². The van der Waals surface area contributed by atoms with Crippen LogP contribution in [0.25, 0.3) is 0 Å². The third-order valence-electron chi connectivity index (χ3n) is 1.91. The fourth-order valence-electron chi connectivity index (χ4n) is 0.832. The largest absolute Gasteiger partial charge is 0.387 e. The van der Waals surface area contributed by atoms with Gasteiger partial charge in [-0.05, 0) is 27.2 Å². The number of hydrogen-bond donors (Lipinski definition) is 2. The van der Waals surface area contributed by atoms with Gasteiger partial charge in [0.25, 0.3) is 5.91 Å². The Morgan fingerprint density at radius 2 is 2.07 bits per heavy atom. The number of nitriles is 1. The Balaban J connectivity index is 4.36. The second-order valence-corrected chi connectivity index (χ2v) is 3.77. The predicted octanol–water partition coefficient (Wildman–Crippen LogP) is 1.31. The minimum atomic E-state index is -0.330. The normalized spacial score (nSPS) is 13.2. The van der Waals surface area contributed by atoms with Crippen molar-refractivity contribution in [2.45, 2.75) is 46.2 Å². The summed E-state index contributed by atoms with van der Waals surface area (Å²) < 4.78 is 0. The van der Waals surface area contributed by atoms with Crippen molar-refractivity contribution in [2.24, 2.45) is 0 Å². The zero-order valence-corrected chi connectivity index (χ0v) is 9.79. The molecule has 0 aliphatic carbocycles. The fraction of sp³-hybridized carbons (Fsp3) is 0.636. The highest BCUT2D eigenvalue weighted by Crippen LogP contribution is 1.94. The lowest BCUT2D eigenvalue weighted by Gasteiger charge is -2.10. The van der Waals surface area contributed by atoms with Crippen LogP contribution in [0.15, 0.2) is 11.8 Å². The van der Waals surface area contributed by atoms with Gasteiger partial charge < -0.3 is 10.6 Å². The van der Waals surface area contributed by atoms with Gasteiger partial charge in [0.1, 0.15) is 11.6 Å². The van der Waals surface area contributed by atoms with E-state index in [1.807, 2.05) is 33.8 Å². The molecule has 2 N–H and O–H groups in total. The molecule has 1 unspecified atom stereocenters. The van der Waals surface area contributed by atoms with Crippen LogP contribution in [-0.4, -0.2) is 18.0 Å². The standard InChI is InChI=1S/C11H19N3O/c1-5-9(4)13-7-10(6-12)11(15)14-8(2)3/h7-9,13H,5H2,1-4H3,(H,14,15)/b10-7-. The first-order valence-electron chi connectivity index (χ1n) is 5.18. The van der Waals surface area contributed by atoms with Crippen molar-refractivity contribution in [1.82, 2.24) is 10.6 Å². The Bertz CT molecular complexity index is 276. The third-order valence-corrected chi connectivity index (χ3v) is 1.91. The van der Waals surface area contributed by atoms with Gasteiger partial charge in [-0.3, -0.25) is 4.79 Å². The van der Waals surface area contributed by atoms with E-state index in [0.717, 1.165) is 6.42 Å². The molecular formula is C11H19N3O. The molecule has 0 saturated carbocycles. The molecule has 0 aromatic rings. The third kappa shape index (κ3) is 5.74. The van der Waals surface area contributed by atoms with Crippen LogP contribution >= 0.6 is 0 Å². The van der Waals surface area contributed by atoms with E-state index in [1.165, 1.54) is 6.20 Å². The lowest BCUT2D eigenvalue weighted by Crippen LogP contribution is -2.32. The van der Waals surface area contributed by atoms with E-state index < -0.39 is 0 Å². The molecule has 4 nitrogen and oxygen atoms in total. The van der Waals surface area contributed by atoms with Crippen LogP contribution in [0.5, 0.6) is 0 Å². The minimum absolute atomic E-state index is 0.0397. The van der Waals surface area contributed by atoms with Crippen molar-refractivity contribution in [3.8, 4) is 6.07 Å². The van der Waals surface area contributed by atoms with E-state index >= 15 is 0 Å². The maximum absolute atomic E-state index is 11.4. The molecule has 0 radical (unpaired) electrons. The Hall–Kier alpha value is -1.50. The van der Waals surface area contributed by atoms with Crippen LogP contribution in [0.1, 0.15) is 34.1 Å². The van der Waals surface area contributed by atoms with Gasteiger partial charge in [-0.1, -0.05) is 6.92 Å². The van der Waals surface area contributed by atoms with Crippen molar-refractivity contribution < 1.29 is 4.79 Å². The minimum Gasteiger partial charge on any atom is -0.387 e. The smallest absolute Gasteiger partial charge is 0.263 e. The highest BCUT2D eigenvalue weighted by atomic mass is 16.1. The molecule has 0 heterocycles. The molecule has 0 aliphatic rings. The molecule has 0 aromatic carbocycles. The molecule has 15 heavy (non-hydrogen) atoms. The number of amides is 1. The number of hydrogen-bond acceptors (Lipinski definition) is 3. The zero-order chi connectivity index (χ0) is 11.8. The van der Waals surface area contributed by atoms with Crippen LogP contribution in [-0.2, 0) is 4.79 Å². The quantitative estimate of drug-likeness (QED) is 0.530. The van der Waals surface area contributed by atoms with Crippen molar-refractivity contribution >= 4 is 5.91 Å². The van der Waals surface area contributed by atoms with E-state index in [-0.39, 0.29) is 23.6 Å². The molecule has 0 rings (SSSR count). The average Bonchev–Trinajstić information content (AvgIpc) is 2.17. The molecule has 0 bridgehead atoms. The maximum Gasteiger partial charge on any atom is 0.263 e. The molecule has 1 amide bonds. The van der Waals surface area contributed by atoms with Gasteiger partial charge in [0.15, 0.2) is 0 Å². The van der Waals surface area contributed by atoms with Gasteiger partial charge in [-0.2, -0.15) is 5.26 Å². The second-order valence-electron chi connectivity index (χ2n) is 3.77. The summed E-state index contributed by atoms with van der Waals surface area (Å²) in [4.78, 5) is 11.4. The Morgan fingerprint density at radius 1 is 1.47 bits per heavy atom. The molecular weight excluding hydrogens is 190 g/mol. The maximum atomic E-state index is 11.4. The predicted molar refractivity (Wildman–Crippen MR) is 59.9 cm³/mol. The van der Waals surface area contributed by atoms with E-state index in [4.69, 9.17) is 5.26 Å². The van der Waals surface area contributed by atoms with Crippen molar-refractivity contribution in [3.05, 3.63) is 11.8 Å². The second kappa shape index (κ2) is 6.88. The van der Waals surface area contributed by atoms with Gasteiger partial charge >= 0.3 is 0 Å². The molecule has 4 heteroatoms. The highest BCUT2D eigenvalue weighted by Gasteiger charge is 2.09. The summed E-state index contributed by atoms with van der Waals surface area (Å²) in [6, 6.07) is 2.18. The molecule has 1 atom stereocenters. The number of carbonyl (C=O) groups is 1. The van der Waals surface area contributed by atoms with Crippen molar-refractivity contribution in [2.75, 3.05) is 0 Å². The van der Waals surface area contributed by atoms with Crippen LogP contribution < -0.4 is 10.6 Å². The summed E-state index contributed by atoms with van der Waals surface area (Å²) >= 11 is 0. The van der Waals surface area contributed by atoms with Gasteiger partial charge in [-0.25, -0.2) is 0 Å². The summed E-state index contributed by atoms with van der Waals surface area (Å²) in [5, 5.41) is 14.4. The first-order valence-corrected chi connectivity index (χ1v) is 5.18. The van der Waals surface area contributed by atoms with Gasteiger partial charge in [0.2, 0.25) is 0 Å². The first kappa shape index (κ1) is 13.5. The lowest BCUT2D eigenvalue weighted by atomic mass is 10.2. The SMILES string of the molecule is CCC(C)N/C=C(/C#N)C(=O)NC(C)C. The van der Waals surface area contributed by atoms with Crippen LogP contribution in [0, 0.1) is 11.3 Å². The zero-order valence-electron chi connectivity index (χ0n) is 9.79. The summed E-state index contributed by atoms with van der Waals surface area (Å²) in [7, 11) is 0. The summed E-state index contributed by atoms with van der Waals surface area (Å²) in [5.41, 5.74) is 0.115. The van der Waals surface area contributed by atoms with Gasteiger partial charge in [0.05, 0.1) is 0 Å². The molecule has 0 aliphatic heterocycles. The fourth-order valence-corrected chi connectivity index (χ4v) is 0.832. The Kier molecular flexibility index (Phi) is 6.19. The average molecular weight is 209 g/mol. The molecule has 0 spiro atoms. The van der Waals surface area contributed by atoms with Gasteiger partial charge in [-0.15, -0.1) is 0 Å². The molecule has 0 saturated heterocycles. The van der Waals surface area contributed by atoms with E-state index in [2.05, 4.69) is 10.6 Å². The van der Waals surface area contributed by atoms with Crippen LogP contribution in [0.4, 0.5) is 0 Å². The number of carbonyl (C=O) groups excluding carboxylic acids is 1. The monoisotopic (exact) mass is 209 g/mol. The van der Waals surface area contributed by atoms with Crippen LogP contribution in [0.2, 0.25) is 0 Å². The topological polar surface area (TPSA) is 64.9 Å². The summed E-state index contributed by atoms with van der Waals surface area (Å²) in [6.07, 6.45) is 2.42. The number of nitrogens with zero attached hydrogens (tertiary/aromatic N) is 1. The van der Waals surface area contributed by atoms with E-state index in [1.54, 1.807) is 0 Å². The van der Waals surface area contributed by atoms with Gasteiger partial charge in [0, 0.05) is 18.3 Å². The molecule has 0 aromatic heterocycles. The summed E-state index contributed by atoms with van der Waals surface area (Å²) in [5.74, 6) is -0.330.